The van der Waals surface area contributed by atoms with Gasteiger partial charge in [-0.3, -0.25) is 0 Å². The van der Waals surface area contributed by atoms with Crippen LogP contribution in [-0.4, -0.2) is 4.98 Å². The topological polar surface area (TPSA) is 24.9 Å². The second-order valence-electron chi connectivity index (χ2n) is 4.81. The van der Waals surface area contributed by atoms with E-state index in [1.54, 1.807) is 0 Å². The highest BCUT2D eigenvalue weighted by Crippen LogP contribution is 2.22. The molecule has 0 aliphatic rings. The van der Waals surface area contributed by atoms with E-state index in [9.17, 15) is 0 Å². The lowest BCUT2D eigenvalue weighted by Gasteiger charge is -2.15. The van der Waals surface area contributed by atoms with Crippen LogP contribution in [0.25, 0.3) is 10.9 Å². The normalized spacial score (nSPS) is 12.3. The van der Waals surface area contributed by atoms with Crippen LogP contribution in [0.3, 0.4) is 0 Å². The van der Waals surface area contributed by atoms with Crippen LogP contribution in [0.4, 0.5) is 5.82 Å². The number of nitrogens with zero attached hydrogens (tertiary/aromatic N) is 1. The molecule has 3 aromatic rings. The van der Waals surface area contributed by atoms with Crippen LogP contribution < -0.4 is 5.32 Å². The van der Waals surface area contributed by atoms with Gasteiger partial charge in [0.25, 0.3) is 0 Å². The minimum absolute atomic E-state index is 0.209. The molecule has 1 heterocycles. The molecule has 0 aliphatic carbocycles. The molecule has 2 nitrogen and oxygen atoms in total. The summed E-state index contributed by atoms with van der Waals surface area (Å²) in [6.07, 6.45) is 0. The quantitative estimate of drug-likeness (QED) is 0.718. The summed E-state index contributed by atoms with van der Waals surface area (Å²) in [6.45, 7) is 2.14. The third-order valence-corrected chi connectivity index (χ3v) is 3.80. The minimum atomic E-state index is 0.209. The van der Waals surface area contributed by atoms with E-state index in [1.165, 1.54) is 5.56 Å². The number of nitrogens with one attached hydrogen (secondary N) is 1. The average molecular weight is 327 g/mol. The number of hydrogen-bond donors (Lipinski definition) is 1. The average Bonchev–Trinajstić information content (AvgIpc) is 2.47. The third-order valence-electron chi connectivity index (χ3n) is 3.31. The molecule has 0 radical (unpaired) electrons. The zero-order valence-electron chi connectivity index (χ0n) is 11.2. The largest absolute Gasteiger partial charge is 0.364 e. The second-order valence-corrected chi connectivity index (χ2v) is 5.73. The van der Waals surface area contributed by atoms with Crippen molar-refractivity contribution in [1.82, 2.24) is 4.98 Å². The molecule has 0 bridgehead atoms. The van der Waals surface area contributed by atoms with Crippen molar-refractivity contribution in [2.45, 2.75) is 13.0 Å². The van der Waals surface area contributed by atoms with Crippen molar-refractivity contribution in [3.8, 4) is 0 Å². The number of benzene rings is 2. The molecule has 3 rings (SSSR count). The van der Waals surface area contributed by atoms with Crippen LogP contribution in [0.1, 0.15) is 18.5 Å². The second kappa shape index (κ2) is 5.63. The summed E-state index contributed by atoms with van der Waals surface area (Å²) in [6, 6.07) is 20.8. The van der Waals surface area contributed by atoms with Gasteiger partial charge in [-0.15, -0.1) is 0 Å². The van der Waals surface area contributed by atoms with Crippen molar-refractivity contribution in [2.75, 3.05) is 5.32 Å². The molecule has 0 amide bonds. The molecule has 1 atom stereocenters. The Balaban J connectivity index is 1.85. The van der Waals surface area contributed by atoms with Crippen molar-refractivity contribution >= 4 is 32.7 Å². The summed E-state index contributed by atoms with van der Waals surface area (Å²) in [7, 11) is 0. The van der Waals surface area contributed by atoms with Gasteiger partial charge in [-0.25, -0.2) is 4.98 Å². The van der Waals surface area contributed by atoms with E-state index < -0.39 is 0 Å². The van der Waals surface area contributed by atoms with Crippen molar-refractivity contribution in [3.63, 3.8) is 0 Å². The fourth-order valence-corrected chi connectivity index (χ4v) is 2.64. The van der Waals surface area contributed by atoms with Crippen molar-refractivity contribution in [2.24, 2.45) is 0 Å². The summed E-state index contributed by atoms with van der Waals surface area (Å²) in [4.78, 5) is 4.64. The van der Waals surface area contributed by atoms with E-state index in [2.05, 4.69) is 57.4 Å². The van der Waals surface area contributed by atoms with E-state index in [0.717, 1.165) is 21.2 Å². The lowest BCUT2D eigenvalue weighted by Crippen LogP contribution is -2.07. The summed E-state index contributed by atoms with van der Waals surface area (Å²) in [5, 5.41) is 4.61. The summed E-state index contributed by atoms with van der Waals surface area (Å²) >= 11 is 3.51. The number of halogens is 1. The van der Waals surface area contributed by atoms with Gasteiger partial charge in [-0.05, 0) is 42.8 Å². The van der Waals surface area contributed by atoms with Gasteiger partial charge in [0, 0.05) is 15.9 Å². The highest BCUT2D eigenvalue weighted by Gasteiger charge is 2.06. The van der Waals surface area contributed by atoms with Crippen molar-refractivity contribution < 1.29 is 0 Å². The molecule has 0 saturated carbocycles. The first-order valence-corrected chi connectivity index (χ1v) is 7.39. The Labute approximate surface area is 127 Å². The lowest BCUT2D eigenvalue weighted by molar-refractivity contribution is 0.875. The van der Waals surface area contributed by atoms with Crippen molar-refractivity contribution in [3.05, 3.63) is 70.7 Å². The molecule has 0 aliphatic heterocycles. The summed E-state index contributed by atoms with van der Waals surface area (Å²) in [5.41, 5.74) is 2.24. The summed E-state index contributed by atoms with van der Waals surface area (Å²) < 4.78 is 1.09. The van der Waals surface area contributed by atoms with Gasteiger partial charge in [-0.1, -0.05) is 46.3 Å². The van der Waals surface area contributed by atoms with E-state index >= 15 is 0 Å². The van der Waals surface area contributed by atoms with Crippen LogP contribution in [0, 0.1) is 0 Å². The number of aromatic nitrogens is 1. The van der Waals surface area contributed by atoms with E-state index in [0.29, 0.717) is 0 Å². The Morgan fingerprint density at radius 3 is 2.70 bits per heavy atom. The molecule has 1 aromatic heterocycles. The van der Waals surface area contributed by atoms with E-state index in [-0.39, 0.29) is 6.04 Å². The zero-order chi connectivity index (χ0) is 13.9. The van der Waals surface area contributed by atoms with Crippen LogP contribution in [-0.2, 0) is 0 Å². The Kier molecular flexibility index (Phi) is 3.70. The van der Waals surface area contributed by atoms with Gasteiger partial charge < -0.3 is 5.32 Å². The first-order chi connectivity index (χ1) is 9.72. The maximum Gasteiger partial charge on any atom is 0.127 e. The molecule has 20 heavy (non-hydrogen) atoms. The molecule has 3 heteroatoms. The highest BCUT2D eigenvalue weighted by molar-refractivity contribution is 9.10. The number of hydrogen-bond acceptors (Lipinski definition) is 2. The molecule has 0 spiro atoms. The first-order valence-electron chi connectivity index (χ1n) is 6.60. The Hall–Kier alpha value is -1.87. The first kappa shape index (κ1) is 13.1. The Bertz CT molecular complexity index is 740. The Morgan fingerprint density at radius 1 is 1.00 bits per heavy atom. The SMILES string of the molecule is CC(Nc1ccc2ccccc2n1)c1cccc(Br)c1. The molecule has 1 unspecified atom stereocenters. The fourth-order valence-electron chi connectivity index (χ4n) is 2.23. The van der Waals surface area contributed by atoms with Crippen molar-refractivity contribution in [1.29, 1.82) is 0 Å². The summed E-state index contributed by atoms with van der Waals surface area (Å²) in [5.74, 6) is 0.899. The fraction of sp³-hybridized carbons (Fsp3) is 0.118. The van der Waals surface area contributed by atoms with Crippen LogP contribution in [0.15, 0.2) is 65.1 Å². The molecule has 2 aromatic carbocycles. The van der Waals surface area contributed by atoms with Gasteiger partial charge in [0.15, 0.2) is 0 Å². The predicted octanol–water partition coefficient (Wildman–Crippen LogP) is 5.17. The molecule has 0 fully saturated rings. The maximum absolute atomic E-state index is 4.64. The lowest BCUT2D eigenvalue weighted by atomic mass is 10.1. The number of anilines is 1. The molecule has 100 valence electrons. The molecule has 1 N–H and O–H groups in total. The molecular weight excluding hydrogens is 312 g/mol. The number of rotatable bonds is 3. The van der Waals surface area contributed by atoms with Crippen LogP contribution in [0.2, 0.25) is 0 Å². The van der Waals surface area contributed by atoms with Gasteiger partial charge in [0.1, 0.15) is 5.82 Å². The number of para-hydroxylation sites is 1. The molecule has 0 saturated heterocycles. The molecular formula is C17H15BrN2. The highest BCUT2D eigenvalue weighted by atomic mass is 79.9. The van der Waals surface area contributed by atoms with Gasteiger partial charge in [0.2, 0.25) is 0 Å². The van der Waals surface area contributed by atoms with Gasteiger partial charge >= 0.3 is 0 Å². The number of pyridine rings is 1. The minimum Gasteiger partial charge on any atom is -0.364 e. The van der Waals surface area contributed by atoms with Crippen LogP contribution >= 0.6 is 15.9 Å². The Morgan fingerprint density at radius 2 is 1.85 bits per heavy atom. The smallest absolute Gasteiger partial charge is 0.127 e. The van der Waals surface area contributed by atoms with E-state index in [1.807, 2.05) is 36.4 Å². The standard InChI is InChI=1S/C17H15BrN2/c1-12(14-6-4-7-15(18)11-14)19-17-10-9-13-5-2-3-8-16(13)20-17/h2-12H,1H3,(H,19,20). The van der Waals surface area contributed by atoms with Crippen LogP contribution in [0.5, 0.6) is 0 Å². The van der Waals surface area contributed by atoms with E-state index in [4.69, 9.17) is 0 Å². The monoisotopic (exact) mass is 326 g/mol. The van der Waals surface area contributed by atoms with Gasteiger partial charge in [-0.2, -0.15) is 0 Å². The maximum atomic E-state index is 4.64. The predicted molar refractivity (Wildman–Crippen MR) is 87.9 cm³/mol. The number of fused-ring (bicyclic) bond motifs is 1. The zero-order valence-corrected chi connectivity index (χ0v) is 12.8. The van der Waals surface area contributed by atoms with Gasteiger partial charge in [0.05, 0.1) is 5.52 Å². The third kappa shape index (κ3) is 2.83.